The van der Waals surface area contributed by atoms with Crippen LogP contribution in [0.4, 0.5) is 5.13 Å². The molecule has 2 heterocycles. The predicted molar refractivity (Wildman–Crippen MR) is 74.7 cm³/mol. The first kappa shape index (κ1) is 13.0. The molecule has 0 aromatic carbocycles. The molecular formula is C12H19N5S. The van der Waals surface area contributed by atoms with E-state index in [0.717, 1.165) is 24.8 Å². The monoisotopic (exact) mass is 265 g/mol. The Morgan fingerprint density at radius 1 is 1.39 bits per heavy atom. The second kappa shape index (κ2) is 5.97. The quantitative estimate of drug-likeness (QED) is 0.867. The molecule has 0 fully saturated rings. The van der Waals surface area contributed by atoms with Crippen LogP contribution in [0.3, 0.4) is 0 Å². The fraction of sp³-hybridized carbons (Fsp3) is 0.500. The average molecular weight is 265 g/mol. The van der Waals surface area contributed by atoms with Crippen molar-refractivity contribution in [3.05, 3.63) is 29.0 Å². The molecule has 0 bridgehead atoms. The van der Waals surface area contributed by atoms with E-state index in [1.807, 2.05) is 30.3 Å². The number of hydrogen-bond acceptors (Lipinski definition) is 5. The van der Waals surface area contributed by atoms with Gasteiger partial charge in [0.2, 0.25) is 0 Å². The topological polar surface area (TPSA) is 46.0 Å². The maximum atomic E-state index is 4.33. The van der Waals surface area contributed by atoms with Crippen LogP contribution in [0.5, 0.6) is 0 Å². The fourth-order valence-corrected chi connectivity index (χ4v) is 2.76. The summed E-state index contributed by atoms with van der Waals surface area (Å²) in [5.41, 5.74) is 1.23. The van der Waals surface area contributed by atoms with Crippen LogP contribution in [0.2, 0.25) is 0 Å². The molecule has 2 rings (SSSR count). The highest BCUT2D eigenvalue weighted by Gasteiger charge is 2.06. The van der Waals surface area contributed by atoms with Crippen LogP contribution in [0, 0.1) is 0 Å². The Morgan fingerprint density at radius 3 is 2.89 bits per heavy atom. The second-order valence-electron chi connectivity index (χ2n) is 4.36. The Kier molecular flexibility index (Phi) is 4.33. The predicted octanol–water partition coefficient (Wildman–Crippen LogP) is 1.94. The molecule has 0 spiro atoms. The molecule has 6 heteroatoms. The zero-order chi connectivity index (χ0) is 13.0. The molecule has 98 valence electrons. The first-order valence-electron chi connectivity index (χ1n) is 6.02. The van der Waals surface area contributed by atoms with Crippen molar-refractivity contribution in [1.29, 1.82) is 0 Å². The molecular weight excluding hydrogens is 246 g/mol. The van der Waals surface area contributed by atoms with Gasteiger partial charge in [0.1, 0.15) is 0 Å². The van der Waals surface area contributed by atoms with Crippen LogP contribution in [0.15, 0.2) is 18.6 Å². The van der Waals surface area contributed by atoms with Crippen molar-refractivity contribution >= 4 is 16.5 Å². The zero-order valence-corrected chi connectivity index (χ0v) is 11.9. The van der Waals surface area contributed by atoms with Crippen molar-refractivity contribution in [1.82, 2.24) is 19.7 Å². The minimum Gasteiger partial charge on any atom is -0.362 e. The number of hydrogen-bond donors (Lipinski definition) is 1. The molecule has 2 aromatic rings. The van der Waals surface area contributed by atoms with Crippen LogP contribution in [-0.4, -0.2) is 33.3 Å². The van der Waals surface area contributed by atoms with Crippen molar-refractivity contribution in [3.63, 3.8) is 0 Å². The lowest BCUT2D eigenvalue weighted by atomic mass is 10.3. The Bertz CT molecular complexity index is 490. The summed E-state index contributed by atoms with van der Waals surface area (Å²) in [6.45, 7) is 4.81. The Labute approximate surface area is 111 Å². The van der Waals surface area contributed by atoms with Gasteiger partial charge in [-0.15, -0.1) is 11.3 Å². The van der Waals surface area contributed by atoms with Crippen molar-refractivity contribution in [2.24, 2.45) is 7.05 Å². The third-order valence-electron chi connectivity index (χ3n) is 2.52. The molecule has 0 atom stereocenters. The van der Waals surface area contributed by atoms with Crippen molar-refractivity contribution in [3.8, 4) is 0 Å². The Hall–Kier alpha value is -1.40. The van der Waals surface area contributed by atoms with E-state index in [4.69, 9.17) is 0 Å². The average Bonchev–Trinajstić information content (AvgIpc) is 2.89. The highest BCUT2D eigenvalue weighted by Crippen LogP contribution is 2.19. The fourth-order valence-electron chi connectivity index (χ4n) is 1.80. The van der Waals surface area contributed by atoms with Crippen LogP contribution in [0.25, 0.3) is 0 Å². The SMILES string of the molecule is CCNc1ncc(CN(C)Cc2cnn(C)c2)s1. The molecule has 0 unspecified atom stereocenters. The van der Waals surface area contributed by atoms with E-state index in [9.17, 15) is 0 Å². The van der Waals surface area contributed by atoms with Crippen molar-refractivity contribution in [2.45, 2.75) is 20.0 Å². The minimum atomic E-state index is 0.905. The first-order chi connectivity index (χ1) is 8.67. The summed E-state index contributed by atoms with van der Waals surface area (Å²) in [5.74, 6) is 0. The first-order valence-corrected chi connectivity index (χ1v) is 6.83. The number of aromatic nitrogens is 3. The van der Waals surface area contributed by atoms with Gasteiger partial charge in [-0.05, 0) is 14.0 Å². The minimum absolute atomic E-state index is 0.905. The van der Waals surface area contributed by atoms with E-state index in [-0.39, 0.29) is 0 Å². The highest BCUT2D eigenvalue weighted by atomic mass is 32.1. The molecule has 0 saturated heterocycles. The zero-order valence-electron chi connectivity index (χ0n) is 11.1. The van der Waals surface area contributed by atoms with Gasteiger partial charge in [-0.2, -0.15) is 5.10 Å². The van der Waals surface area contributed by atoms with Crippen LogP contribution >= 0.6 is 11.3 Å². The number of nitrogens with one attached hydrogen (secondary N) is 1. The summed E-state index contributed by atoms with van der Waals surface area (Å²) >= 11 is 1.72. The van der Waals surface area contributed by atoms with Gasteiger partial charge >= 0.3 is 0 Å². The molecule has 0 aliphatic rings. The third kappa shape index (κ3) is 3.54. The van der Waals surface area contributed by atoms with Gasteiger partial charge in [0.15, 0.2) is 5.13 Å². The van der Waals surface area contributed by atoms with Gasteiger partial charge in [-0.25, -0.2) is 4.98 Å². The van der Waals surface area contributed by atoms with Gasteiger partial charge < -0.3 is 5.32 Å². The molecule has 0 aliphatic heterocycles. The van der Waals surface area contributed by atoms with Gasteiger partial charge in [0, 0.05) is 49.5 Å². The highest BCUT2D eigenvalue weighted by molar-refractivity contribution is 7.15. The Morgan fingerprint density at radius 2 is 2.22 bits per heavy atom. The number of anilines is 1. The van der Waals surface area contributed by atoms with E-state index in [1.54, 1.807) is 11.3 Å². The number of nitrogens with zero attached hydrogens (tertiary/aromatic N) is 4. The second-order valence-corrected chi connectivity index (χ2v) is 5.47. The van der Waals surface area contributed by atoms with Gasteiger partial charge in [0.05, 0.1) is 6.20 Å². The number of rotatable bonds is 6. The molecule has 0 amide bonds. The summed E-state index contributed by atoms with van der Waals surface area (Å²) in [7, 11) is 4.05. The molecule has 1 N–H and O–H groups in total. The maximum Gasteiger partial charge on any atom is 0.182 e. The summed E-state index contributed by atoms with van der Waals surface area (Å²) in [6, 6.07) is 0. The normalized spacial score (nSPS) is 11.1. The molecule has 5 nitrogen and oxygen atoms in total. The van der Waals surface area contributed by atoms with Crippen LogP contribution in [-0.2, 0) is 20.1 Å². The maximum absolute atomic E-state index is 4.33. The molecule has 0 aliphatic carbocycles. The summed E-state index contributed by atoms with van der Waals surface area (Å²) in [5, 5.41) is 8.41. The van der Waals surface area contributed by atoms with E-state index in [1.165, 1.54) is 10.4 Å². The van der Waals surface area contributed by atoms with E-state index >= 15 is 0 Å². The summed E-state index contributed by atoms with van der Waals surface area (Å²) < 4.78 is 1.83. The third-order valence-corrected chi connectivity index (χ3v) is 3.46. The van der Waals surface area contributed by atoms with Gasteiger partial charge in [-0.1, -0.05) is 0 Å². The molecule has 0 radical (unpaired) electrons. The number of thiazole rings is 1. The van der Waals surface area contributed by atoms with Crippen molar-refractivity contribution in [2.75, 3.05) is 18.9 Å². The van der Waals surface area contributed by atoms with Gasteiger partial charge in [0.25, 0.3) is 0 Å². The van der Waals surface area contributed by atoms with Crippen LogP contribution in [0.1, 0.15) is 17.4 Å². The van der Waals surface area contributed by atoms with Crippen LogP contribution < -0.4 is 5.32 Å². The smallest absolute Gasteiger partial charge is 0.182 e. The molecule has 2 aromatic heterocycles. The summed E-state index contributed by atoms with van der Waals surface area (Å²) in [6.07, 6.45) is 5.91. The van der Waals surface area contributed by atoms with E-state index in [2.05, 4.69) is 34.3 Å². The van der Waals surface area contributed by atoms with Gasteiger partial charge in [-0.3, -0.25) is 9.58 Å². The van der Waals surface area contributed by atoms with E-state index < -0.39 is 0 Å². The lowest BCUT2D eigenvalue weighted by Gasteiger charge is -2.13. The lowest BCUT2D eigenvalue weighted by Crippen LogP contribution is -2.16. The Balaban J connectivity index is 1.88. The largest absolute Gasteiger partial charge is 0.362 e. The molecule has 18 heavy (non-hydrogen) atoms. The van der Waals surface area contributed by atoms with E-state index in [0.29, 0.717) is 0 Å². The molecule has 0 saturated carbocycles. The standard InChI is InChI=1S/C12H19N5S/c1-4-13-12-14-6-11(18-12)9-16(2)7-10-5-15-17(3)8-10/h5-6,8H,4,7,9H2,1-3H3,(H,13,14). The summed E-state index contributed by atoms with van der Waals surface area (Å²) in [4.78, 5) is 7.87. The number of aryl methyl sites for hydroxylation is 1. The lowest BCUT2D eigenvalue weighted by molar-refractivity contribution is 0.321. The van der Waals surface area contributed by atoms with Crippen molar-refractivity contribution < 1.29 is 0 Å².